The summed E-state index contributed by atoms with van der Waals surface area (Å²) in [5.41, 5.74) is 8.52. The highest BCUT2D eigenvalue weighted by Gasteiger charge is 2.18. The fourth-order valence-corrected chi connectivity index (χ4v) is 3.51. The van der Waals surface area contributed by atoms with Crippen molar-refractivity contribution in [2.75, 3.05) is 5.73 Å². The number of aryl methyl sites for hydroxylation is 1. The van der Waals surface area contributed by atoms with Gasteiger partial charge >= 0.3 is 0 Å². The molecule has 4 heteroatoms. The summed E-state index contributed by atoms with van der Waals surface area (Å²) in [4.78, 5) is 4.57. The van der Waals surface area contributed by atoms with Crippen molar-refractivity contribution in [1.82, 2.24) is 9.55 Å². The Balaban J connectivity index is 1.86. The molecule has 1 aromatic heterocycles. The monoisotopic (exact) mass is 287 g/mol. The molecule has 1 heterocycles. The zero-order valence-electron chi connectivity index (χ0n) is 12.8. The number of aliphatic hydroxyl groups excluding tert-OH is 1. The van der Waals surface area contributed by atoms with Crippen LogP contribution in [0.2, 0.25) is 0 Å². The highest BCUT2D eigenvalue weighted by molar-refractivity contribution is 5.79. The van der Waals surface area contributed by atoms with Crippen LogP contribution in [0.25, 0.3) is 11.0 Å². The van der Waals surface area contributed by atoms with E-state index in [1.807, 2.05) is 18.2 Å². The van der Waals surface area contributed by atoms with Crippen molar-refractivity contribution in [2.24, 2.45) is 5.92 Å². The van der Waals surface area contributed by atoms with Crippen LogP contribution < -0.4 is 5.73 Å². The lowest BCUT2D eigenvalue weighted by molar-refractivity contribution is 0.183. The number of rotatable bonds is 4. The second kappa shape index (κ2) is 6.06. The average molecular weight is 287 g/mol. The van der Waals surface area contributed by atoms with E-state index in [2.05, 4.69) is 9.55 Å². The Bertz CT molecular complexity index is 612. The molecule has 21 heavy (non-hydrogen) atoms. The number of hydrogen-bond donors (Lipinski definition) is 2. The van der Waals surface area contributed by atoms with E-state index < -0.39 is 6.10 Å². The van der Waals surface area contributed by atoms with E-state index in [1.165, 1.54) is 38.5 Å². The van der Waals surface area contributed by atoms with Gasteiger partial charge in [-0.2, -0.15) is 0 Å². The van der Waals surface area contributed by atoms with Gasteiger partial charge in [0.25, 0.3) is 0 Å². The number of imidazole rings is 1. The summed E-state index contributed by atoms with van der Waals surface area (Å²) in [6.45, 7) is 2.72. The fraction of sp³-hybridized carbons (Fsp3) is 0.588. The molecule has 1 fully saturated rings. The van der Waals surface area contributed by atoms with E-state index in [-0.39, 0.29) is 0 Å². The zero-order valence-corrected chi connectivity index (χ0v) is 12.8. The molecule has 1 saturated carbocycles. The molecule has 1 aromatic carbocycles. The van der Waals surface area contributed by atoms with Crippen molar-refractivity contribution >= 4 is 16.7 Å². The maximum Gasteiger partial charge on any atom is 0.138 e. The van der Waals surface area contributed by atoms with Gasteiger partial charge in [0.2, 0.25) is 0 Å². The fourth-order valence-electron chi connectivity index (χ4n) is 3.51. The van der Waals surface area contributed by atoms with Gasteiger partial charge < -0.3 is 15.4 Å². The molecule has 1 aliphatic carbocycles. The van der Waals surface area contributed by atoms with Crippen LogP contribution in [0.15, 0.2) is 18.2 Å². The minimum absolute atomic E-state index is 0.551. The first kappa shape index (κ1) is 14.4. The van der Waals surface area contributed by atoms with E-state index in [1.54, 1.807) is 6.92 Å². The van der Waals surface area contributed by atoms with Gasteiger partial charge in [0.05, 0.1) is 11.0 Å². The Hall–Kier alpha value is -1.55. The highest BCUT2D eigenvalue weighted by Crippen LogP contribution is 2.29. The predicted octanol–water partition coefficient (Wildman–Crippen LogP) is 3.64. The molecule has 0 radical (unpaired) electrons. The lowest BCUT2D eigenvalue weighted by atomic mass is 9.87. The Labute approximate surface area is 126 Å². The van der Waals surface area contributed by atoms with Gasteiger partial charge in [0.15, 0.2) is 0 Å². The standard InChI is InChI=1S/C17H25N3O/c1-12(21)17-19-15-11-14(18)7-8-16(15)20(17)10-9-13-5-3-2-4-6-13/h7-8,11-13,21H,2-6,9-10,18H2,1H3. The van der Waals surface area contributed by atoms with E-state index in [9.17, 15) is 5.11 Å². The number of nitrogen functional groups attached to an aromatic ring is 1. The lowest BCUT2D eigenvalue weighted by Crippen LogP contribution is -2.13. The number of aromatic nitrogens is 2. The molecule has 1 atom stereocenters. The summed E-state index contributed by atoms with van der Waals surface area (Å²) < 4.78 is 2.17. The second-order valence-electron chi connectivity index (χ2n) is 6.34. The quantitative estimate of drug-likeness (QED) is 0.844. The first-order valence-electron chi connectivity index (χ1n) is 8.09. The number of nitrogens with zero attached hydrogens (tertiary/aromatic N) is 2. The normalized spacial score (nSPS) is 18.2. The van der Waals surface area contributed by atoms with Gasteiger partial charge in [-0.05, 0) is 37.5 Å². The molecule has 114 valence electrons. The topological polar surface area (TPSA) is 64.1 Å². The number of anilines is 1. The predicted molar refractivity (Wildman–Crippen MR) is 86.0 cm³/mol. The molecule has 0 spiro atoms. The van der Waals surface area contributed by atoms with Crippen molar-refractivity contribution in [3.8, 4) is 0 Å². The number of benzene rings is 1. The molecular weight excluding hydrogens is 262 g/mol. The van der Waals surface area contributed by atoms with Gasteiger partial charge in [-0.3, -0.25) is 0 Å². The van der Waals surface area contributed by atoms with Crippen molar-refractivity contribution in [1.29, 1.82) is 0 Å². The third kappa shape index (κ3) is 3.05. The SMILES string of the molecule is CC(O)c1nc2cc(N)ccc2n1CCC1CCCCC1. The number of hydrogen-bond acceptors (Lipinski definition) is 3. The summed E-state index contributed by atoms with van der Waals surface area (Å²) in [5, 5.41) is 10.00. The Kier molecular flexibility index (Phi) is 4.15. The molecule has 2 aromatic rings. The van der Waals surface area contributed by atoms with Crippen molar-refractivity contribution < 1.29 is 5.11 Å². The summed E-state index contributed by atoms with van der Waals surface area (Å²) in [6, 6.07) is 5.82. The molecule has 0 bridgehead atoms. The van der Waals surface area contributed by atoms with Gasteiger partial charge in [-0.1, -0.05) is 32.1 Å². The minimum Gasteiger partial charge on any atom is -0.399 e. The molecule has 4 nitrogen and oxygen atoms in total. The summed E-state index contributed by atoms with van der Waals surface area (Å²) in [6.07, 6.45) is 7.46. The van der Waals surface area contributed by atoms with Gasteiger partial charge in [-0.25, -0.2) is 4.98 Å². The maximum absolute atomic E-state index is 10.00. The summed E-state index contributed by atoms with van der Waals surface area (Å²) in [5.74, 6) is 1.58. The Morgan fingerprint density at radius 2 is 2.10 bits per heavy atom. The van der Waals surface area contributed by atoms with E-state index in [0.29, 0.717) is 0 Å². The van der Waals surface area contributed by atoms with Gasteiger partial charge in [-0.15, -0.1) is 0 Å². The van der Waals surface area contributed by atoms with Crippen LogP contribution in [0, 0.1) is 5.92 Å². The van der Waals surface area contributed by atoms with E-state index in [4.69, 9.17) is 5.73 Å². The van der Waals surface area contributed by atoms with E-state index in [0.717, 1.165) is 35.0 Å². The molecule has 1 aliphatic rings. The molecule has 3 rings (SSSR count). The number of aliphatic hydroxyl groups is 1. The third-order valence-corrected chi connectivity index (χ3v) is 4.66. The third-order valence-electron chi connectivity index (χ3n) is 4.66. The van der Waals surface area contributed by atoms with E-state index >= 15 is 0 Å². The molecule has 1 unspecified atom stereocenters. The molecular formula is C17H25N3O. The van der Waals surface area contributed by atoms with Crippen molar-refractivity contribution in [3.05, 3.63) is 24.0 Å². The molecule has 0 saturated heterocycles. The molecule has 0 aliphatic heterocycles. The maximum atomic E-state index is 10.00. The Morgan fingerprint density at radius 1 is 1.33 bits per heavy atom. The lowest BCUT2D eigenvalue weighted by Gasteiger charge is -2.22. The first-order chi connectivity index (χ1) is 10.1. The number of fused-ring (bicyclic) bond motifs is 1. The highest BCUT2D eigenvalue weighted by atomic mass is 16.3. The van der Waals surface area contributed by atoms with Crippen LogP contribution >= 0.6 is 0 Å². The van der Waals surface area contributed by atoms with Crippen LogP contribution in [-0.2, 0) is 6.54 Å². The Morgan fingerprint density at radius 3 is 2.81 bits per heavy atom. The minimum atomic E-state index is -0.551. The van der Waals surface area contributed by atoms with Crippen molar-refractivity contribution in [3.63, 3.8) is 0 Å². The summed E-state index contributed by atoms with van der Waals surface area (Å²) >= 11 is 0. The zero-order chi connectivity index (χ0) is 14.8. The van der Waals surface area contributed by atoms with Crippen LogP contribution in [0.1, 0.15) is 57.4 Å². The first-order valence-corrected chi connectivity index (χ1v) is 8.09. The van der Waals surface area contributed by atoms with Crippen LogP contribution in [-0.4, -0.2) is 14.7 Å². The molecule has 3 N–H and O–H groups in total. The van der Waals surface area contributed by atoms with Crippen LogP contribution in [0.3, 0.4) is 0 Å². The largest absolute Gasteiger partial charge is 0.399 e. The van der Waals surface area contributed by atoms with Crippen molar-refractivity contribution in [2.45, 2.75) is 58.1 Å². The number of nitrogens with two attached hydrogens (primary N) is 1. The van der Waals surface area contributed by atoms with Gasteiger partial charge in [0.1, 0.15) is 11.9 Å². The summed E-state index contributed by atoms with van der Waals surface area (Å²) in [7, 11) is 0. The van der Waals surface area contributed by atoms with Crippen LogP contribution in [0.4, 0.5) is 5.69 Å². The van der Waals surface area contributed by atoms with Crippen LogP contribution in [0.5, 0.6) is 0 Å². The second-order valence-corrected chi connectivity index (χ2v) is 6.34. The average Bonchev–Trinajstić information content (AvgIpc) is 2.84. The van der Waals surface area contributed by atoms with Gasteiger partial charge in [0, 0.05) is 12.2 Å². The molecule has 0 amide bonds. The smallest absolute Gasteiger partial charge is 0.138 e.